The fourth-order valence-electron chi connectivity index (χ4n) is 3.25. The van der Waals surface area contributed by atoms with Crippen LogP contribution in [0.3, 0.4) is 0 Å². The molecule has 3 amide bonds. The lowest BCUT2D eigenvalue weighted by atomic mass is 10.1. The molecule has 3 heterocycles. The Labute approximate surface area is 164 Å². The van der Waals surface area contributed by atoms with Gasteiger partial charge in [-0.05, 0) is 19.2 Å². The lowest BCUT2D eigenvalue weighted by Gasteiger charge is -2.39. The first-order valence-corrected chi connectivity index (χ1v) is 9.20. The fraction of sp³-hybridized carbons (Fsp3) is 0.556. The smallest absolute Gasteiger partial charge is 0.319 e. The minimum absolute atomic E-state index is 0.0230. The van der Waals surface area contributed by atoms with E-state index in [0.717, 1.165) is 6.54 Å². The number of pyridine rings is 1. The Morgan fingerprint density at radius 2 is 2.07 bits per heavy atom. The van der Waals surface area contributed by atoms with Crippen LogP contribution in [0.5, 0.6) is 0 Å². The molecule has 1 N–H and O–H groups in total. The number of likely N-dealkylation sites (N-methyl/N-ethyl adjacent to an activating group) is 1. The molecule has 28 heavy (non-hydrogen) atoms. The first-order valence-electron chi connectivity index (χ1n) is 9.20. The highest BCUT2D eigenvalue weighted by Crippen LogP contribution is 2.24. The van der Waals surface area contributed by atoms with Crippen LogP contribution in [0.4, 0.5) is 4.79 Å². The monoisotopic (exact) mass is 389 g/mol. The minimum atomic E-state index is -0.181. The molecule has 0 aliphatic carbocycles. The summed E-state index contributed by atoms with van der Waals surface area (Å²) in [7, 11) is 7.09. The van der Waals surface area contributed by atoms with E-state index < -0.39 is 0 Å². The van der Waals surface area contributed by atoms with Gasteiger partial charge in [0.2, 0.25) is 0 Å². The summed E-state index contributed by atoms with van der Waals surface area (Å²) in [6, 6.07) is 3.36. The molecule has 1 aliphatic rings. The number of carbonyl (C=O) groups excluding carboxylic acids is 2. The molecule has 10 heteroatoms. The van der Waals surface area contributed by atoms with Crippen molar-refractivity contribution in [3.05, 3.63) is 29.7 Å². The van der Waals surface area contributed by atoms with Gasteiger partial charge in [-0.15, -0.1) is 10.2 Å². The van der Waals surface area contributed by atoms with Crippen LogP contribution in [0.25, 0.3) is 5.65 Å². The zero-order valence-corrected chi connectivity index (χ0v) is 16.8. The van der Waals surface area contributed by atoms with E-state index >= 15 is 0 Å². The fourth-order valence-corrected chi connectivity index (χ4v) is 3.25. The summed E-state index contributed by atoms with van der Waals surface area (Å²) in [5, 5.41) is 11.4. The van der Waals surface area contributed by atoms with E-state index in [0.29, 0.717) is 43.3 Å². The topological polar surface area (TPSA) is 95.3 Å². The molecule has 0 aromatic carbocycles. The highest BCUT2D eigenvalue weighted by atomic mass is 16.5. The maximum absolute atomic E-state index is 12.4. The van der Waals surface area contributed by atoms with Crippen LogP contribution in [-0.4, -0.2) is 102 Å². The maximum atomic E-state index is 12.4. The summed E-state index contributed by atoms with van der Waals surface area (Å²) >= 11 is 0. The number of aromatic nitrogens is 3. The van der Waals surface area contributed by atoms with E-state index in [2.05, 4.69) is 20.4 Å². The summed E-state index contributed by atoms with van der Waals surface area (Å²) in [6.45, 7) is 2.80. The van der Waals surface area contributed by atoms with Gasteiger partial charge in [0.05, 0.1) is 18.2 Å². The summed E-state index contributed by atoms with van der Waals surface area (Å²) in [6.07, 6.45) is 1.74. The molecule has 0 spiro atoms. The molecule has 2 aromatic rings. The van der Waals surface area contributed by atoms with Crippen LogP contribution in [0.1, 0.15) is 22.2 Å². The Morgan fingerprint density at radius 3 is 2.79 bits per heavy atom. The third-order valence-corrected chi connectivity index (χ3v) is 4.88. The quantitative estimate of drug-likeness (QED) is 0.728. The Morgan fingerprint density at radius 1 is 1.29 bits per heavy atom. The van der Waals surface area contributed by atoms with Crippen molar-refractivity contribution in [3.8, 4) is 0 Å². The number of fused-ring (bicyclic) bond motifs is 1. The number of hydrogen-bond acceptors (Lipinski definition) is 6. The van der Waals surface area contributed by atoms with Crippen molar-refractivity contribution in [1.29, 1.82) is 0 Å². The van der Waals surface area contributed by atoms with Gasteiger partial charge < -0.3 is 19.9 Å². The summed E-state index contributed by atoms with van der Waals surface area (Å²) in [5.74, 6) is 0.528. The van der Waals surface area contributed by atoms with Gasteiger partial charge in [-0.3, -0.25) is 14.1 Å². The number of piperazine rings is 1. The van der Waals surface area contributed by atoms with Gasteiger partial charge >= 0.3 is 6.03 Å². The number of carbonyl (C=O) groups is 2. The van der Waals surface area contributed by atoms with Gasteiger partial charge in [0.15, 0.2) is 11.5 Å². The van der Waals surface area contributed by atoms with Crippen molar-refractivity contribution in [2.45, 2.75) is 6.04 Å². The molecular formula is C18H27N7O3. The number of ether oxygens (including phenoxy) is 1. The first-order chi connectivity index (χ1) is 13.4. The van der Waals surface area contributed by atoms with Gasteiger partial charge in [0, 0.05) is 53.6 Å². The molecule has 2 aromatic heterocycles. The zero-order chi connectivity index (χ0) is 20.3. The number of urea groups is 1. The minimum Gasteiger partial charge on any atom is -0.383 e. The van der Waals surface area contributed by atoms with Crippen molar-refractivity contribution in [3.63, 3.8) is 0 Å². The number of nitrogens with zero attached hydrogens (tertiary/aromatic N) is 6. The lowest BCUT2D eigenvalue weighted by Crippen LogP contribution is -2.52. The Hall–Kier alpha value is -2.72. The van der Waals surface area contributed by atoms with Crippen LogP contribution >= 0.6 is 0 Å². The Bertz CT molecular complexity index is 851. The van der Waals surface area contributed by atoms with Gasteiger partial charge in [0.25, 0.3) is 5.91 Å². The number of amides is 3. The van der Waals surface area contributed by atoms with Crippen LogP contribution in [0.15, 0.2) is 18.3 Å². The molecule has 152 valence electrons. The molecular weight excluding hydrogens is 362 g/mol. The summed E-state index contributed by atoms with van der Waals surface area (Å²) in [4.78, 5) is 30.3. The predicted octanol–water partition coefficient (Wildman–Crippen LogP) is 0.0756. The zero-order valence-electron chi connectivity index (χ0n) is 16.8. The molecule has 0 bridgehead atoms. The first kappa shape index (κ1) is 20.0. The lowest BCUT2D eigenvalue weighted by molar-refractivity contribution is 0.0931. The van der Waals surface area contributed by atoms with E-state index in [1.165, 1.54) is 0 Å². The van der Waals surface area contributed by atoms with Crippen LogP contribution in [0.2, 0.25) is 0 Å². The van der Waals surface area contributed by atoms with Crippen LogP contribution in [0, 0.1) is 0 Å². The summed E-state index contributed by atoms with van der Waals surface area (Å²) in [5.41, 5.74) is 1.18. The van der Waals surface area contributed by atoms with E-state index in [9.17, 15) is 9.59 Å². The molecule has 1 saturated heterocycles. The SMILES string of the molecule is COCCNC(=O)c1ccc2nnc([C@@H]3CN(C(=O)N(C)C)CCN3C)n2c1. The van der Waals surface area contributed by atoms with E-state index in [1.807, 2.05) is 16.3 Å². The highest BCUT2D eigenvalue weighted by Gasteiger charge is 2.32. The molecule has 3 rings (SSSR count). The molecule has 1 aliphatic heterocycles. The van der Waals surface area contributed by atoms with Crippen molar-refractivity contribution in [1.82, 2.24) is 34.6 Å². The van der Waals surface area contributed by atoms with Crippen molar-refractivity contribution in [2.75, 3.05) is 61.0 Å². The predicted molar refractivity (Wildman–Crippen MR) is 103 cm³/mol. The second kappa shape index (κ2) is 8.53. The third kappa shape index (κ3) is 4.07. The van der Waals surface area contributed by atoms with Crippen LogP contribution in [-0.2, 0) is 4.74 Å². The number of nitrogens with one attached hydrogen (secondary N) is 1. The normalized spacial score (nSPS) is 17.7. The Balaban J connectivity index is 1.86. The van der Waals surface area contributed by atoms with Gasteiger partial charge in [-0.25, -0.2) is 4.79 Å². The molecule has 0 unspecified atom stereocenters. The third-order valence-electron chi connectivity index (χ3n) is 4.88. The van der Waals surface area contributed by atoms with E-state index in [1.54, 1.807) is 44.4 Å². The van der Waals surface area contributed by atoms with Crippen molar-refractivity contribution < 1.29 is 14.3 Å². The molecule has 1 atom stereocenters. The standard InChI is InChI=1S/C18H27N7O3/c1-22(2)18(27)24-9-8-23(3)14(12-24)16-21-20-15-6-5-13(11-25(15)16)17(26)19-7-10-28-4/h5-6,11,14H,7-10,12H2,1-4H3,(H,19,26)/t14-/m0/s1. The second-order valence-corrected chi connectivity index (χ2v) is 7.07. The van der Waals surface area contributed by atoms with Crippen LogP contribution < -0.4 is 5.32 Å². The second-order valence-electron chi connectivity index (χ2n) is 7.07. The average Bonchev–Trinajstić information content (AvgIpc) is 3.11. The van der Waals surface area contributed by atoms with Gasteiger partial charge in [-0.2, -0.15) is 0 Å². The number of hydrogen-bond donors (Lipinski definition) is 1. The molecule has 10 nitrogen and oxygen atoms in total. The Kier molecular flexibility index (Phi) is 6.10. The maximum Gasteiger partial charge on any atom is 0.319 e. The summed E-state index contributed by atoms with van der Waals surface area (Å²) < 4.78 is 6.79. The van der Waals surface area contributed by atoms with E-state index in [-0.39, 0.29) is 18.0 Å². The number of methoxy groups -OCH3 is 1. The molecule has 1 fully saturated rings. The number of rotatable bonds is 5. The largest absolute Gasteiger partial charge is 0.383 e. The molecule has 0 radical (unpaired) electrons. The van der Waals surface area contributed by atoms with Crippen molar-refractivity contribution in [2.24, 2.45) is 0 Å². The van der Waals surface area contributed by atoms with E-state index in [4.69, 9.17) is 4.74 Å². The average molecular weight is 389 g/mol. The van der Waals surface area contributed by atoms with Gasteiger partial charge in [0.1, 0.15) is 0 Å². The molecule has 0 saturated carbocycles. The van der Waals surface area contributed by atoms with Crippen molar-refractivity contribution >= 4 is 17.6 Å². The highest BCUT2D eigenvalue weighted by molar-refractivity contribution is 5.94. The van der Waals surface area contributed by atoms with Gasteiger partial charge in [-0.1, -0.05) is 0 Å².